The Hall–Kier alpha value is -3.88. The molecule has 1 unspecified atom stereocenters. The van der Waals surface area contributed by atoms with Gasteiger partial charge in [-0.2, -0.15) is 0 Å². The first-order valence-electron chi connectivity index (χ1n) is 12.4. The Labute approximate surface area is 215 Å². The summed E-state index contributed by atoms with van der Waals surface area (Å²) in [4.78, 5) is 27.2. The second kappa shape index (κ2) is 10.2. The summed E-state index contributed by atoms with van der Waals surface area (Å²) in [6.07, 6.45) is 0.794. The van der Waals surface area contributed by atoms with E-state index in [2.05, 4.69) is 5.32 Å². The van der Waals surface area contributed by atoms with Crippen molar-refractivity contribution in [2.45, 2.75) is 44.0 Å². The van der Waals surface area contributed by atoms with Crippen molar-refractivity contribution in [2.24, 2.45) is 5.73 Å². The highest BCUT2D eigenvalue weighted by Crippen LogP contribution is 2.36. The minimum Gasteiger partial charge on any atom is -0.508 e. The van der Waals surface area contributed by atoms with Gasteiger partial charge in [0.2, 0.25) is 5.91 Å². The molecule has 37 heavy (non-hydrogen) atoms. The molecule has 0 aromatic heterocycles. The number of phenols is 1. The van der Waals surface area contributed by atoms with Crippen LogP contribution in [0.5, 0.6) is 11.5 Å². The van der Waals surface area contributed by atoms with Gasteiger partial charge in [-0.25, -0.2) is 0 Å². The maximum atomic E-state index is 13.6. The van der Waals surface area contributed by atoms with Gasteiger partial charge in [-0.05, 0) is 90.0 Å². The fourth-order valence-corrected chi connectivity index (χ4v) is 5.45. The van der Waals surface area contributed by atoms with Gasteiger partial charge in [0.15, 0.2) is 0 Å². The number of aliphatic hydroxyl groups excluding tert-OH is 1. The molecule has 3 aromatic carbocycles. The summed E-state index contributed by atoms with van der Waals surface area (Å²) in [5.41, 5.74) is 10.5. The molecule has 5 N–H and O–H groups in total. The van der Waals surface area contributed by atoms with Crippen molar-refractivity contribution < 1.29 is 24.5 Å². The zero-order valence-corrected chi connectivity index (χ0v) is 20.7. The standard InChI is InChI=1S/C29H31N3O5/c1-37-23-7-3-17(4-8-23)29(36)32-11-10-19-12-20(28(30)35)5-9-24(19)26(32)15-27(34)25-14-18-2-6-22(33)13-21(18)16-31-25/h2-9,12-13,25-27,31,33-34H,10-11,14-16H2,1H3,(H2,30,35)/t25-,26?,27+/m0/s1. The number of rotatable bonds is 6. The highest BCUT2D eigenvalue weighted by Gasteiger charge is 2.35. The molecule has 2 aliphatic heterocycles. The number of nitrogens with zero attached hydrogens (tertiary/aromatic N) is 1. The lowest BCUT2D eigenvalue weighted by molar-refractivity contribution is 0.0480. The van der Waals surface area contributed by atoms with E-state index in [1.165, 1.54) is 0 Å². The molecule has 0 bridgehead atoms. The van der Waals surface area contributed by atoms with Crippen molar-refractivity contribution in [2.75, 3.05) is 13.7 Å². The van der Waals surface area contributed by atoms with Gasteiger partial charge in [0.05, 0.1) is 19.3 Å². The lowest BCUT2D eigenvalue weighted by Crippen LogP contribution is -2.48. The van der Waals surface area contributed by atoms with E-state index in [1.807, 2.05) is 17.0 Å². The Morgan fingerprint density at radius 1 is 1.05 bits per heavy atom. The number of fused-ring (bicyclic) bond motifs is 2. The van der Waals surface area contributed by atoms with E-state index in [4.69, 9.17) is 10.5 Å². The zero-order chi connectivity index (χ0) is 26.1. The van der Waals surface area contributed by atoms with Gasteiger partial charge in [-0.1, -0.05) is 12.1 Å². The number of hydrogen-bond donors (Lipinski definition) is 4. The summed E-state index contributed by atoms with van der Waals surface area (Å²) in [6.45, 7) is 1.00. The Morgan fingerprint density at radius 3 is 2.54 bits per heavy atom. The van der Waals surface area contributed by atoms with Gasteiger partial charge < -0.3 is 30.9 Å². The molecule has 5 rings (SSSR count). The SMILES string of the molecule is COc1ccc(C(=O)N2CCc3cc(C(N)=O)ccc3C2C[C@@H](O)[C@@H]2Cc3ccc(O)cc3CN2)cc1. The van der Waals surface area contributed by atoms with Crippen molar-refractivity contribution in [1.29, 1.82) is 0 Å². The van der Waals surface area contributed by atoms with Crippen LogP contribution in [0.15, 0.2) is 60.7 Å². The Bertz CT molecular complexity index is 1320. The second-order valence-electron chi connectivity index (χ2n) is 9.72. The molecule has 2 amide bonds. The monoisotopic (exact) mass is 501 g/mol. The third-order valence-corrected chi connectivity index (χ3v) is 7.50. The minimum atomic E-state index is -0.736. The van der Waals surface area contributed by atoms with Gasteiger partial charge in [0.25, 0.3) is 5.91 Å². The normalized spacial score (nSPS) is 19.5. The lowest BCUT2D eigenvalue weighted by Gasteiger charge is -2.40. The summed E-state index contributed by atoms with van der Waals surface area (Å²) in [7, 11) is 1.58. The number of nitrogens with one attached hydrogen (secondary N) is 1. The number of ether oxygens (including phenoxy) is 1. The topological polar surface area (TPSA) is 125 Å². The number of phenolic OH excluding ortho intramolecular Hbond substituents is 1. The fourth-order valence-electron chi connectivity index (χ4n) is 5.45. The summed E-state index contributed by atoms with van der Waals surface area (Å²) in [5.74, 6) is 0.277. The van der Waals surface area contributed by atoms with Crippen LogP contribution >= 0.6 is 0 Å². The van der Waals surface area contributed by atoms with Crippen molar-refractivity contribution in [3.63, 3.8) is 0 Å². The predicted octanol–water partition coefficient (Wildman–Crippen LogP) is 2.70. The number of nitrogens with two attached hydrogens (primary N) is 1. The van der Waals surface area contributed by atoms with Crippen LogP contribution in [-0.2, 0) is 19.4 Å². The molecule has 0 aliphatic carbocycles. The maximum Gasteiger partial charge on any atom is 0.254 e. The molecular weight excluding hydrogens is 470 g/mol. The first kappa shape index (κ1) is 24.8. The number of amides is 2. The number of primary amides is 1. The number of hydrogen-bond acceptors (Lipinski definition) is 6. The molecule has 0 saturated heterocycles. The molecule has 0 fully saturated rings. The van der Waals surface area contributed by atoms with Crippen LogP contribution in [0.1, 0.15) is 55.4 Å². The smallest absolute Gasteiger partial charge is 0.254 e. The molecule has 0 spiro atoms. The van der Waals surface area contributed by atoms with Gasteiger partial charge >= 0.3 is 0 Å². The lowest BCUT2D eigenvalue weighted by atomic mass is 9.84. The molecule has 3 atom stereocenters. The first-order valence-corrected chi connectivity index (χ1v) is 12.4. The summed E-state index contributed by atoms with van der Waals surface area (Å²) >= 11 is 0. The zero-order valence-electron chi connectivity index (χ0n) is 20.7. The van der Waals surface area contributed by atoms with E-state index in [9.17, 15) is 19.8 Å². The molecule has 192 valence electrons. The van der Waals surface area contributed by atoms with E-state index in [0.29, 0.717) is 49.2 Å². The molecule has 8 heteroatoms. The van der Waals surface area contributed by atoms with E-state index in [1.54, 1.807) is 55.6 Å². The number of aliphatic hydroxyl groups is 1. The van der Waals surface area contributed by atoms with Gasteiger partial charge in [-0.15, -0.1) is 0 Å². The third kappa shape index (κ3) is 5.03. The number of benzene rings is 3. The summed E-state index contributed by atoms with van der Waals surface area (Å²) in [5, 5.41) is 24.5. The van der Waals surface area contributed by atoms with Gasteiger partial charge in [0, 0.05) is 30.3 Å². The largest absolute Gasteiger partial charge is 0.508 e. The van der Waals surface area contributed by atoms with Crippen molar-refractivity contribution in [3.8, 4) is 11.5 Å². The highest BCUT2D eigenvalue weighted by molar-refractivity contribution is 5.95. The average Bonchev–Trinajstić information content (AvgIpc) is 2.92. The van der Waals surface area contributed by atoms with Crippen LogP contribution in [0, 0.1) is 0 Å². The average molecular weight is 502 g/mol. The Balaban J connectivity index is 1.43. The third-order valence-electron chi connectivity index (χ3n) is 7.50. The number of methoxy groups -OCH3 is 1. The highest BCUT2D eigenvalue weighted by atomic mass is 16.5. The molecular formula is C29H31N3O5. The molecule has 2 aliphatic rings. The van der Waals surface area contributed by atoms with Crippen LogP contribution < -0.4 is 15.8 Å². The number of aromatic hydroxyl groups is 1. The van der Waals surface area contributed by atoms with E-state index < -0.39 is 12.0 Å². The summed E-state index contributed by atoms with van der Waals surface area (Å²) in [6, 6.07) is 17.1. The van der Waals surface area contributed by atoms with Crippen molar-refractivity contribution in [3.05, 3.63) is 94.0 Å². The van der Waals surface area contributed by atoms with Gasteiger partial charge in [0.1, 0.15) is 11.5 Å². The Morgan fingerprint density at radius 2 is 1.81 bits per heavy atom. The molecule has 0 radical (unpaired) electrons. The van der Waals surface area contributed by atoms with Gasteiger partial charge in [-0.3, -0.25) is 9.59 Å². The fraction of sp³-hybridized carbons (Fsp3) is 0.310. The Kier molecular flexibility index (Phi) is 6.86. The first-order chi connectivity index (χ1) is 17.8. The summed E-state index contributed by atoms with van der Waals surface area (Å²) < 4.78 is 5.23. The van der Waals surface area contributed by atoms with Crippen LogP contribution in [0.4, 0.5) is 0 Å². The number of carbonyl (C=O) groups excluding carboxylic acids is 2. The molecule has 3 aromatic rings. The second-order valence-corrected chi connectivity index (χ2v) is 9.72. The van der Waals surface area contributed by atoms with Crippen LogP contribution in [-0.4, -0.2) is 52.7 Å². The maximum absolute atomic E-state index is 13.6. The number of carbonyl (C=O) groups is 2. The molecule has 2 heterocycles. The van der Waals surface area contributed by atoms with Crippen LogP contribution in [0.2, 0.25) is 0 Å². The minimum absolute atomic E-state index is 0.123. The quantitative estimate of drug-likeness (QED) is 0.412. The van der Waals surface area contributed by atoms with Crippen molar-refractivity contribution >= 4 is 11.8 Å². The molecule has 0 saturated carbocycles. The molecule has 8 nitrogen and oxygen atoms in total. The van der Waals surface area contributed by atoms with Crippen molar-refractivity contribution in [1.82, 2.24) is 10.2 Å². The van der Waals surface area contributed by atoms with E-state index in [-0.39, 0.29) is 23.7 Å². The van der Waals surface area contributed by atoms with E-state index >= 15 is 0 Å². The van der Waals surface area contributed by atoms with E-state index in [0.717, 1.165) is 22.3 Å². The van der Waals surface area contributed by atoms with Crippen LogP contribution in [0.25, 0.3) is 0 Å². The van der Waals surface area contributed by atoms with Crippen LogP contribution in [0.3, 0.4) is 0 Å². The predicted molar refractivity (Wildman–Crippen MR) is 138 cm³/mol.